The maximum absolute atomic E-state index is 12.9. The number of benzene rings is 2. The number of carbonyl (C=O) groups is 2. The van der Waals surface area contributed by atoms with E-state index in [0.29, 0.717) is 11.3 Å². The minimum absolute atomic E-state index is 0.0681. The number of nitrogens with zero attached hydrogens (tertiary/aromatic N) is 1. The summed E-state index contributed by atoms with van der Waals surface area (Å²) in [6, 6.07) is 9.57. The Kier molecular flexibility index (Phi) is 5.36. The molecule has 1 unspecified atom stereocenters. The largest absolute Gasteiger partial charge is 0.508 e. The highest BCUT2D eigenvalue weighted by Gasteiger charge is 2.22. The number of phenols is 1. The summed E-state index contributed by atoms with van der Waals surface area (Å²) in [5.41, 5.74) is 1.09. The predicted molar refractivity (Wildman–Crippen MR) is 86.6 cm³/mol. The van der Waals surface area contributed by atoms with Gasteiger partial charge in [0.15, 0.2) is 0 Å². The molecule has 0 fully saturated rings. The summed E-state index contributed by atoms with van der Waals surface area (Å²) in [7, 11) is 1.46. The van der Waals surface area contributed by atoms with Crippen molar-refractivity contribution >= 4 is 17.7 Å². The lowest BCUT2D eigenvalue weighted by atomic mass is 10.1. The van der Waals surface area contributed by atoms with Crippen LogP contribution in [0.5, 0.6) is 5.75 Å². The zero-order chi connectivity index (χ0) is 17.7. The third kappa shape index (κ3) is 4.45. The van der Waals surface area contributed by atoms with Gasteiger partial charge < -0.3 is 15.5 Å². The molecule has 2 amide bonds. The van der Waals surface area contributed by atoms with E-state index in [-0.39, 0.29) is 12.2 Å². The van der Waals surface area contributed by atoms with Crippen LogP contribution in [0.3, 0.4) is 0 Å². The molecule has 0 radical (unpaired) electrons. The molecule has 24 heavy (non-hydrogen) atoms. The van der Waals surface area contributed by atoms with Gasteiger partial charge >= 0.3 is 12.0 Å². The van der Waals surface area contributed by atoms with Crippen LogP contribution in [-0.4, -0.2) is 35.3 Å². The van der Waals surface area contributed by atoms with Gasteiger partial charge in [0.25, 0.3) is 0 Å². The van der Waals surface area contributed by atoms with Crippen LogP contribution < -0.4 is 10.2 Å². The van der Waals surface area contributed by atoms with Gasteiger partial charge in [-0.1, -0.05) is 12.1 Å². The predicted octanol–water partition coefficient (Wildman–Crippen LogP) is 2.37. The number of halogens is 1. The number of hydrogen-bond donors (Lipinski definition) is 3. The van der Waals surface area contributed by atoms with Gasteiger partial charge in [-0.15, -0.1) is 0 Å². The first-order valence-corrected chi connectivity index (χ1v) is 7.17. The van der Waals surface area contributed by atoms with Crippen LogP contribution in [-0.2, 0) is 11.2 Å². The fraction of sp³-hybridized carbons (Fsp3) is 0.176. The minimum Gasteiger partial charge on any atom is -0.508 e. The van der Waals surface area contributed by atoms with Crippen molar-refractivity contribution in [3.63, 3.8) is 0 Å². The fourth-order valence-corrected chi connectivity index (χ4v) is 2.10. The van der Waals surface area contributed by atoms with Gasteiger partial charge in [-0.3, -0.25) is 4.90 Å². The first-order chi connectivity index (χ1) is 11.4. The summed E-state index contributed by atoms with van der Waals surface area (Å²) in [6.45, 7) is 0. The van der Waals surface area contributed by atoms with Crippen molar-refractivity contribution in [3.8, 4) is 5.75 Å². The summed E-state index contributed by atoms with van der Waals surface area (Å²) in [5, 5.41) is 21.0. The maximum atomic E-state index is 12.9. The Morgan fingerprint density at radius 3 is 2.25 bits per heavy atom. The first-order valence-electron chi connectivity index (χ1n) is 7.17. The van der Waals surface area contributed by atoms with E-state index in [4.69, 9.17) is 0 Å². The van der Waals surface area contributed by atoms with Crippen molar-refractivity contribution in [2.75, 3.05) is 11.9 Å². The Balaban J connectivity index is 2.06. The third-order valence-corrected chi connectivity index (χ3v) is 3.49. The van der Waals surface area contributed by atoms with Crippen molar-refractivity contribution in [2.45, 2.75) is 12.5 Å². The van der Waals surface area contributed by atoms with Crippen LogP contribution in [0.4, 0.5) is 14.9 Å². The molecule has 1 atom stereocenters. The van der Waals surface area contributed by atoms with E-state index in [1.807, 2.05) is 0 Å². The van der Waals surface area contributed by atoms with Crippen molar-refractivity contribution in [1.29, 1.82) is 0 Å². The second kappa shape index (κ2) is 7.45. The average molecular weight is 332 g/mol. The zero-order valence-electron chi connectivity index (χ0n) is 12.9. The summed E-state index contributed by atoms with van der Waals surface area (Å²) < 4.78 is 12.9. The van der Waals surface area contributed by atoms with Gasteiger partial charge in [-0.2, -0.15) is 0 Å². The number of amides is 2. The Bertz CT molecular complexity index is 716. The van der Waals surface area contributed by atoms with Crippen LogP contribution in [0.2, 0.25) is 0 Å². The Morgan fingerprint density at radius 2 is 1.71 bits per heavy atom. The number of phenolic OH excluding ortho intramolecular Hbond substituents is 1. The molecule has 2 rings (SSSR count). The zero-order valence-corrected chi connectivity index (χ0v) is 12.9. The van der Waals surface area contributed by atoms with Crippen molar-refractivity contribution in [2.24, 2.45) is 0 Å². The fourth-order valence-electron chi connectivity index (χ4n) is 2.10. The number of nitrogens with one attached hydrogen (secondary N) is 1. The van der Waals surface area contributed by atoms with Gasteiger partial charge in [0.2, 0.25) is 0 Å². The maximum Gasteiger partial charge on any atom is 0.326 e. The van der Waals surface area contributed by atoms with Crippen molar-refractivity contribution < 1.29 is 24.2 Å². The molecule has 0 heterocycles. The van der Waals surface area contributed by atoms with Crippen molar-refractivity contribution in [3.05, 3.63) is 59.9 Å². The number of carboxylic acids is 1. The number of anilines is 1. The van der Waals surface area contributed by atoms with Gasteiger partial charge in [0.05, 0.1) is 0 Å². The van der Waals surface area contributed by atoms with E-state index in [1.165, 1.54) is 48.3 Å². The smallest absolute Gasteiger partial charge is 0.326 e. The number of carbonyl (C=O) groups excluding carboxylic acids is 1. The number of rotatable bonds is 5. The molecule has 0 saturated carbocycles. The number of hydrogen-bond acceptors (Lipinski definition) is 3. The van der Waals surface area contributed by atoms with E-state index in [0.717, 1.165) is 0 Å². The highest BCUT2D eigenvalue weighted by atomic mass is 19.1. The number of carboxylic acid groups (broad SMARTS) is 1. The minimum atomic E-state index is -1.18. The molecule has 0 bridgehead atoms. The second-order valence-corrected chi connectivity index (χ2v) is 5.25. The number of aromatic hydroxyl groups is 1. The highest BCUT2D eigenvalue weighted by molar-refractivity contribution is 5.94. The Hall–Kier alpha value is -3.09. The summed E-state index contributed by atoms with van der Waals surface area (Å²) >= 11 is 0. The molecular formula is C17H17FN2O4. The number of aliphatic carboxylic acids is 1. The summed E-state index contributed by atoms with van der Waals surface area (Å²) in [6.07, 6.45) is 0.0681. The number of urea groups is 1. The molecule has 126 valence electrons. The van der Waals surface area contributed by atoms with Crippen molar-refractivity contribution in [1.82, 2.24) is 5.32 Å². The molecule has 0 aliphatic rings. The lowest BCUT2D eigenvalue weighted by molar-refractivity contribution is -0.139. The van der Waals surface area contributed by atoms with Crippen LogP contribution in [0.25, 0.3) is 0 Å². The standard InChI is InChI=1S/C17H17FN2O4/c1-20(13-6-4-12(18)5-7-13)17(24)19-15(16(22)23)10-11-2-8-14(21)9-3-11/h2-9,15,21H,10H2,1H3,(H,19,24)(H,22,23). The third-order valence-electron chi connectivity index (χ3n) is 3.49. The second-order valence-electron chi connectivity index (χ2n) is 5.25. The first kappa shape index (κ1) is 17.3. The van der Waals surface area contributed by atoms with Gasteiger partial charge in [-0.05, 0) is 42.0 Å². The van der Waals surface area contributed by atoms with E-state index in [9.17, 15) is 24.2 Å². The highest BCUT2D eigenvalue weighted by Crippen LogP contribution is 2.14. The SMILES string of the molecule is CN(C(=O)NC(Cc1ccc(O)cc1)C(=O)O)c1ccc(F)cc1. The molecule has 2 aromatic carbocycles. The van der Waals surface area contributed by atoms with E-state index < -0.39 is 23.9 Å². The van der Waals surface area contributed by atoms with Crippen LogP contribution in [0.15, 0.2) is 48.5 Å². The molecule has 0 spiro atoms. The van der Waals surface area contributed by atoms with E-state index >= 15 is 0 Å². The Labute approximate surface area is 138 Å². The molecule has 0 saturated heterocycles. The van der Waals surface area contributed by atoms with E-state index in [1.54, 1.807) is 12.1 Å². The molecule has 7 heteroatoms. The molecule has 0 aliphatic heterocycles. The molecule has 0 aromatic heterocycles. The molecule has 2 aromatic rings. The molecular weight excluding hydrogens is 315 g/mol. The van der Waals surface area contributed by atoms with Gasteiger partial charge in [0, 0.05) is 19.2 Å². The lowest BCUT2D eigenvalue weighted by Gasteiger charge is -2.21. The summed E-state index contributed by atoms with van der Waals surface area (Å²) in [5.74, 6) is -1.53. The van der Waals surface area contributed by atoms with E-state index in [2.05, 4.69) is 5.32 Å². The topological polar surface area (TPSA) is 89.9 Å². The van der Waals surface area contributed by atoms with Gasteiger partial charge in [0.1, 0.15) is 17.6 Å². The summed E-state index contributed by atoms with van der Waals surface area (Å²) in [4.78, 5) is 24.8. The normalized spacial score (nSPS) is 11.6. The quantitative estimate of drug-likeness (QED) is 0.784. The molecule has 0 aliphatic carbocycles. The monoisotopic (exact) mass is 332 g/mol. The van der Waals surface area contributed by atoms with Crippen LogP contribution in [0.1, 0.15) is 5.56 Å². The molecule has 3 N–H and O–H groups in total. The average Bonchev–Trinajstić information content (AvgIpc) is 2.56. The van der Waals surface area contributed by atoms with Crippen LogP contribution >= 0.6 is 0 Å². The lowest BCUT2D eigenvalue weighted by Crippen LogP contribution is -2.47. The van der Waals surface area contributed by atoms with Crippen LogP contribution in [0, 0.1) is 5.82 Å². The molecule has 6 nitrogen and oxygen atoms in total. The Morgan fingerprint density at radius 1 is 1.12 bits per heavy atom. The van der Waals surface area contributed by atoms with Gasteiger partial charge in [-0.25, -0.2) is 14.0 Å².